The molecule has 0 atom stereocenters. The van der Waals surface area contributed by atoms with Crippen LogP contribution in [0.5, 0.6) is 0 Å². The number of rotatable bonds is 4. The van der Waals surface area contributed by atoms with Gasteiger partial charge in [0.2, 0.25) is 4.96 Å². The second-order valence-corrected chi connectivity index (χ2v) is 9.54. The standard InChI is InChI=1S/C24H23ClN6O2S/c1-16-6-2-3-7-18(16)22-28-31-21(32)14-17(26-24(31)34-22)15-29-10-12-30(13-11-29)23(33)27-20-9-5-4-8-19(20)25/h2-9,14H,10-13,15H2,1H3,(H,27,33). The van der Waals surface area contributed by atoms with E-state index < -0.39 is 0 Å². The van der Waals surface area contributed by atoms with Gasteiger partial charge in [-0.1, -0.05) is 59.3 Å². The molecule has 1 saturated heterocycles. The molecule has 1 aliphatic heterocycles. The van der Waals surface area contributed by atoms with Gasteiger partial charge >= 0.3 is 6.03 Å². The average Bonchev–Trinajstić information content (AvgIpc) is 3.26. The summed E-state index contributed by atoms with van der Waals surface area (Å²) in [5.41, 5.74) is 3.23. The van der Waals surface area contributed by atoms with E-state index in [2.05, 4.69) is 15.3 Å². The molecule has 2 aromatic heterocycles. The van der Waals surface area contributed by atoms with Crippen LogP contribution in [0.15, 0.2) is 59.4 Å². The Kier molecular flexibility index (Phi) is 6.32. The van der Waals surface area contributed by atoms with Crippen molar-refractivity contribution in [3.05, 3.63) is 81.2 Å². The van der Waals surface area contributed by atoms with Gasteiger partial charge in [0.15, 0.2) is 0 Å². The number of anilines is 1. The predicted octanol–water partition coefficient (Wildman–Crippen LogP) is 4.13. The van der Waals surface area contributed by atoms with Crippen LogP contribution in [0.3, 0.4) is 0 Å². The highest BCUT2D eigenvalue weighted by atomic mass is 35.5. The van der Waals surface area contributed by atoms with E-state index in [4.69, 9.17) is 16.6 Å². The van der Waals surface area contributed by atoms with E-state index in [0.717, 1.165) is 16.1 Å². The molecule has 3 heterocycles. The maximum absolute atomic E-state index is 12.7. The SMILES string of the molecule is Cc1ccccc1-c1nn2c(=O)cc(CN3CCN(C(=O)Nc4ccccc4Cl)CC3)nc2s1. The topological polar surface area (TPSA) is 82.8 Å². The van der Waals surface area contributed by atoms with Crippen molar-refractivity contribution in [2.45, 2.75) is 13.5 Å². The van der Waals surface area contributed by atoms with Gasteiger partial charge < -0.3 is 10.2 Å². The zero-order chi connectivity index (χ0) is 23.7. The van der Waals surface area contributed by atoms with E-state index in [1.54, 1.807) is 23.1 Å². The Morgan fingerprint density at radius 3 is 2.59 bits per heavy atom. The predicted molar refractivity (Wildman–Crippen MR) is 135 cm³/mol. The van der Waals surface area contributed by atoms with Gasteiger partial charge in [0, 0.05) is 44.4 Å². The Bertz CT molecular complexity index is 1410. The third-order valence-electron chi connectivity index (χ3n) is 5.83. The van der Waals surface area contributed by atoms with Crippen molar-refractivity contribution in [1.29, 1.82) is 0 Å². The van der Waals surface area contributed by atoms with E-state index in [1.807, 2.05) is 43.3 Å². The van der Waals surface area contributed by atoms with Crippen LogP contribution in [-0.4, -0.2) is 56.6 Å². The number of aromatic nitrogens is 3. The van der Waals surface area contributed by atoms with Crippen LogP contribution < -0.4 is 10.9 Å². The second kappa shape index (κ2) is 9.54. The molecule has 174 valence electrons. The minimum absolute atomic E-state index is 0.168. The van der Waals surface area contributed by atoms with Crippen LogP contribution in [-0.2, 0) is 6.54 Å². The van der Waals surface area contributed by atoms with Crippen LogP contribution in [0.25, 0.3) is 15.5 Å². The van der Waals surface area contributed by atoms with Crippen molar-refractivity contribution in [1.82, 2.24) is 24.4 Å². The molecular formula is C24H23ClN6O2S. The molecule has 0 aliphatic carbocycles. The quantitative estimate of drug-likeness (QED) is 0.461. The van der Waals surface area contributed by atoms with E-state index in [1.165, 1.54) is 15.9 Å². The third kappa shape index (κ3) is 4.68. The molecule has 0 unspecified atom stereocenters. The highest BCUT2D eigenvalue weighted by Crippen LogP contribution is 2.27. The third-order valence-corrected chi connectivity index (χ3v) is 7.11. The van der Waals surface area contributed by atoms with Gasteiger partial charge in [-0.15, -0.1) is 0 Å². The number of para-hydroxylation sites is 1. The lowest BCUT2D eigenvalue weighted by atomic mass is 10.1. The lowest BCUT2D eigenvalue weighted by Crippen LogP contribution is -2.49. The smallest absolute Gasteiger partial charge is 0.321 e. The van der Waals surface area contributed by atoms with Gasteiger partial charge in [-0.05, 0) is 24.6 Å². The number of benzene rings is 2. The fraction of sp³-hybridized carbons (Fsp3) is 0.250. The average molecular weight is 495 g/mol. The molecule has 10 heteroatoms. The lowest BCUT2D eigenvalue weighted by Gasteiger charge is -2.34. The van der Waals surface area contributed by atoms with E-state index in [0.29, 0.717) is 54.1 Å². The maximum Gasteiger partial charge on any atom is 0.321 e. The fourth-order valence-corrected chi connectivity index (χ4v) is 5.15. The van der Waals surface area contributed by atoms with Crippen molar-refractivity contribution in [3.63, 3.8) is 0 Å². The van der Waals surface area contributed by atoms with Gasteiger partial charge in [0.05, 0.1) is 16.4 Å². The first-order valence-electron chi connectivity index (χ1n) is 11.0. The number of nitrogens with one attached hydrogen (secondary N) is 1. The zero-order valence-electron chi connectivity index (χ0n) is 18.6. The number of urea groups is 1. The molecule has 8 nitrogen and oxygen atoms in total. The van der Waals surface area contributed by atoms with Crippen molar-refractivity contribution in [3.8, 4) is 10.6 Å². The second-order valence-electron chi connectivity index (χ2n) is 8.18. The number of amides is 2. The Morgan fingerprint density at radius 2 is 1.82 bits per heavy atom. The van der Waals surface area contributed by atoms with Gasteiger partial charge in [-0.25, -0.2) is 9.78 Å². The van der Waals surface area contributed by atoms with Crippen molar-refractivity contribution in [2.24, 2.45) is 0 Å². The van der Waals surface area contributed by atoms with Gasteiger partial charge in [0.25, 0.3) is 5.56 Å². The van der Waals surface area contributed by atoms with Crippen LogP contribution in [0.4, 0.5) is 10.5 Å². The molecule has 1 aliphatic rings. The number of carbonyl (C=O) groups excluding carboxylic acids is 1. The highest BCUT2D eigenvalue weighted by Gasteiger charge is 2.22. The molecule has 0 saturated carbocycles. The Morgan fingerprint density at radius 1 is 1.09 bits per heavy atom. The maximum atomic E-state index is 12.7. The summed E-state index contributed by atoms with van der Waals surface area (Å²) in [6, 6.07) is 16.5. The first kappa shape index (κ1) is 22.5. The van der Waals surface area contributed by atoms with E-state index >= 15 is 0 Å². The molecule has 34 heavy (non-hydrogen) atoms. The number of halogens is 1. The Labute approximate surface area is 205 Å². The summed E-state index contributed by atoms with van der Waals surface area (Å²) in [6.07, 6.45) is 0. The molecule has 4 aromatic rings. The Balaban J connectivity index is 1.25. The van der Waals surface area contributed by atoms with E-state index in [9.17, 15) is 9.59 Å². The minimum Gasteiger partial charge on any atom is -0.322 e. The van der Waals surface area contributed by atoms with E-state index in [-0.39, 0.29) is 11.6 Å². The molecule has 1 N–H and O–H groups in total. The number of nitrogens with zero attached hydrogens (tertiary/aromatic N) is 5. The molecule has 0 spiro atoms. The summed E-state index contributed by atoms with van der Waals surface area (Å²) in [7, 11) is 0. The van der Waals surface area contributed by atoms with Crippen LogP contribution in [0, 0.1) is 6.92 Å². The minimum atomic E-state index is -0.186. The fourth-order valence-electron chi connectivity index (χ4n) is 3.95. The number of hydrogen-bond donors (Lipinski definition) is 1. The van der Waals surface area contributed by atoms with Gasteiger partial charge in [-0.2, -0.15) is 9.61 Å². The van der Waals surface area contributed by atoms with Crippen LogP contribution in [0.1, 0.15) is 11.3 Å². The first-order valence-corrected chi connectivity index (χ1v) is 12.2. The summed E-state index contributed by atoms with van der Waals surface area (Å²) in [5.74, 6) is 0. The highest BCUT2D eigenvalue weighted by molar-refractivity contribution is 7.19. The Hall–Kier alpha value is -3.27. The number of piperazine rings is 1. The first-order chi connectivity index (χ1) is 16.5. The molecule has 2 aromatic carbocycles. The number of carbonyl (C=O) groups is 1. The molecule has 5 rings (SSSR count). The molecular weight excluding hydrogens is 472 g/mol. The summed E-state index contributed by atoms with van der Waals surface area (Å²) in [5, 5.41) is 8.64. The number of aryl methyl sites for hydroxylation is 1. The monoisotopic (exact) mass is 494 g/mol. The van der Waals surface area contributed by atoms with Gasteiger partial charge in [-0.3, -0.25) is 9.69 Å². The molecule has 0 bridgehead atoms. The largest absolute Gasteiger partial charge is 0.322 e. The van der Waals surface area contributed by atoms with Crippen molar-refractivity contribution < 1.29 is 4.79 Å². The molecule has 0 radical (unpaired) electrons. The van der Waals surface area contributed by atoms with Crippen molar-refractivity contribution in [2.75, 3.05) is 31.5 Å². The summed E-state index contributed by atoms with van der Waals surface area (Å²) in [4.78, 5) is 34.5. The van der Waals surface area contributed by atoms with Crippen molar-refractivity contribution >= 4 is 39.6 Å². The normalized spacial score (nSPS) is 14.5. The lowest BCUT2D eigenvalue weighted by molar-refractivity contribution is 0.142. The zero-order valence-corrected chi connectivity index (χ0v) is 20.1. The summed E-state index contributed by atoms with van der Waals surface area (Å²) < 4.78 is 1.37. The van der Waals surface area contributed by atoms with Gasteiger partial charge in [0.1, 0.15) is 5.01 Å². The molecule has 1 fully saturated rings. The molecule has 2 amide bonds. The number of hydrogen-bond acceptors (Lipinski definition) is 6. The summed E-state index contributed by atoms with van der Waals surface area (Å²) in [6.45, 7) is 5.11. The summed E-state index contributed by atoms with van der Waals surface area (Å²) >= 11 is 7.55. The van der Waals surface area contributed by atoms with Crippen LogP contribution in [0.2, 0.25) is 5.02 Å². The van der Waals surface area contributed by atoms with Crippen LogP contribution >= 0.6 is 22.9 Å². The number of fused-ring (bicyclic) bond motifs is 1.